The van der Waals surface area contributed by atoms with Gasteiger partial charge in [0.25, 0.3) is 0 Å². The molecule has 0 saturated heterocycles. The lowest BCUT2D eigenvalue weighted by Gasteiger charge is -1.80. The monoisotopic (exact) mass is 109 g/mol. The molecule has 0 unspecified atom stereocenters. The van der Waals surface area contributed by atoms with E-state index < -0.39 is 0 Å². The second-order valence-electron chi connectivity index (χ2n) is 1.45. The molecule has 0 aromatic carbocycles. The van der Waals surface area contributed by atoms with Gasteiger partial charge in [-0.25, -0.2) is 9.67 Å². The van der Waals surface area contributed by atoms with E-state index in [4.69, 9.17) is 0 Å². The number of hydrogen-bond donors (Lipinski definition) is 0. The normalized spacial score (nSPS) is 9.12. The molecule has 0 aliphatic carbocycles. The quantitative estimate of drug-likeness (QED) is 0.531. The van der Waals surface area contributed by atoms with E-state index >= 15 is 0 Å². The molecule has 0 bridgehead atoms. The Morgan fingerprint density at radius 1 is 1.88 bits per heavy atom. The molecule has 0 saturated carbocycles. The summed E-state index contributed by atoms with van der Waals surface area (Å²) < 4.78 is 1.56. The van der Waals surface area contributed by atoms with Gasteiger partial charge in [-0.1, -0.05) is 6.58 Å². The van der Waals surface area contributed by atoms with Crippen LogP contribution in [-0.4, -0.2) is 14.8 Å². The summed E-state index contributed by atoms with van der Waals surface area (Å²) in [5, 5.41) is 3.92. The second-order valence-corrected chi connectivity index (χ2v) is 1.45. The van der Waals surface area contributed by atoms with Crippen LogP contribution in [0.3, 0.4) is 0 Å². The van der Waals surface area contributed by atoms with Crippen LogP contribution in [0.5, 0.6) is 0 Å². The molecule has 1 aromatic rings. The van der Waals surface area contributed by atoms with Crippen LogP contribution >= 0.6 is 0 Å². The summed E-state index contributed by atoms with van der Waals surface area (Å²) in [7, 11) is 0. The first-order valence-corrected chi connectivity index (χ1v) is 2.33. The minimum absolute atomic E-state index is 0.768. The predicted octanol–water partition coefficient (Wildman–Crippen LogP) is 0.687. The van der Waals surface area contributed by atoms with Gasteiger partial charge >= 0.3 is 0 Å². The van der Waals surface area contributed by atoms with E-state index in [1.807, 2.05) is 6.92 Å². The number of aromatic nitrogens is 3. The summed E-state index contributed by atoms with van der Waals surface area (Å²) >= 11 is 0. The molecular weight excluding hydrogens is 102 g/mol. The van der Waals surface area contributed by atoms with Gasteiger partial charge in [0.1, 0.15) is 12.2 Å². The molecule has 1 heterocycles. The van der Waals surface area contributed by atoms with Crippen LogP contribution in [0.2, 0.25) is 0 Å². The van der Waals surface area contributed by atoms with Crippen LogP contribution in [0.4, 0.5) is 0 Å². The van der Waals surface area contributed by atoms with Crippen LogP contribution in [0.1, 0.15) is 5.82 Å². The van der Waals surface area contributed by atoms with Crippen LogP contribution in [0.15, 0.2) is 12.9 Å². The van der Waals surface area contributed by atoms with E-state index in [2.05, 4.69) is 16.7 Å². The van der Waals surface area contributed by atoms with Crippen molar-refractivity contribution < 1.29 is 0 Å². The molecule has 42 valence electrons. The van der Waals surface area contributed by atoms with E-state index in [-0.39, 0.29) is 0 Å². The van der Waals surface area contributed by atoms with Crippen molar-refractivity contribution in [3.05, 3.63) is 18.7 Å². The Hall–Kier alpha value is -1.12. The highest BCUT2D eigenvalue weighted by atomic mass is 15.3. The molecular formula is C5H7N3. The first kappa shape index (κ1) is 5.03. The van der Waals surface area contributed by atoms with Crippen molar-refractivity contribution in [2.75, 3.05) is 0 Å². The average Bonchev–Trinajstić information content (AvgIpc) is 2.14. The summed E-state index contributed by atoms with van der Waals surface area (Å²) in [5.74, 6) is 0.768. The summed E-state index contributed by atoms with van der Waals surface area (Å²) in [4.78, 5) is 3.87. The van der Waals surface area contributed by atoms with E-state index in [9.17, 15) is 0 Å². The third-order valence-electron chi connectivity index (χ3n) is 0.810. The zero-order valence-electron chi connectivity index (χ0n) is 4.70. The van der Waals surface area contributed by atoms with E-state index in [0.717, 1.165) is 5.82 Å². The molecule has 8 heavy (non-hydrogen) atoms. The van der Waals surface area contributed by atoms with Crippen LogP contribution in [0.25, 0.3) is 6.20 Å². The summed E-state index contributed by atoms with van der Waals surface area (Å²) in [6.45, 7) is 5.34. The van der Waals surface area contributed by atoms with Gasteiger partial charge in [-0.3, -0.25) is 0 Å². The molecule has 1 rings (SSSR count). The van der Waals surface area contributed by atoms with Crippen LogP contribution in [-0.2, 0) is 0 Å². The molecule has 0 aliphatic heterocycles. The fourth-order valence-electron chi connectivity index (χ4n) is 0.449. The van der Waals surface area contributed by atoms with Crippen molar-refractivity contribution in [2.24, 2.45) is 0 Å². The zero-order valence-corrected chi connectivity index (χ0v) is 4.70. The number of rotatable bonds is 1. The van der Waals surface area contributed by atoms with Crippen molar-refractivity contribution in [3.63, 3.8) is 0 Å². The maximum Gasteiger partial charge on any atom is 0.147 e. The highest BCUT2D eigenvalue weighted by Gasteiger charge is 1.85. The summed E-state index contributed by atoms with van der Waals surface area (Å²) in [5.41, 5.74) is 0. The lowest BCUT2D eigenvalue weighted by molar-refractivity contribution is 0.913. The van der Waals surface area contributed by atoms with Gasteiger partial charge in [0.2, 0.25) is 0 Å². The second kappa shape index (κ2) is 1.78. The van der Waals surface area contributed by atoms with Gasteiger partial charge in [-0.15, -0.1) is 0 Å². The summed E-state index contributed by atoms with van der Waals surface area (Å²) in [6, 6.07) is 0. The molecule has 1 aromatic heterocycles. The lowest BCUT2D eigenvalue weighted by Crippen LogP contribution is -1.83. The Bertz CT molecular complexity index is 189. The van der Waals surface area contributed by atoms with Gasteiger partial charge < -0.3 is 0 Å². The van der Waals surface area contributed by atoms with Gasteiger partial charge in [0.05, 0.1) is 0 Å². The van der Waals surface area contributed by atoms with Gasteiger partial charge in [-0.2, -0.15) is 5.10 Å². The van der Waals surface area contributed by atoms with Crippen molar-refractivity contribution in [2.45, 2.75) is 6.92 Å². The smallest absolute Gasteiger partial charge is 0.147 e. The Balaban J connectivity index is 3.00. The highest BCUT2D eigenvalue weighted by Crippen LogP contribution is 1.83. The highest BCUT2D eigenvalue weighted by molar-refractivity contribution is 5.11. The standard InChI is InChI=1S/C5H7N3/c1-3-8-4-6-5(2)7-8/h3-4H,1H2,2H3. The van der Waals surface area contributed by atoms with Crippen molar-refractivity contribution in [1.29, 1.82) is 0 Å². The minimum atomic E-state index is 0.768. The zero-order chi connectivity index (χ0) is 5.98. The van der Waals surface area contributed by atoms with Crippen LogP contribution < -0.4 is 0 Å². The summed E-state index contributed by atoms with van der Waals surface area (Å²) in [6.07, 6.45) is 3.21. The first-order chi connectivity index (χ1) is 3.83. The number of hydrogen-bond acceptors (Lipinski definition) is 2. The SMILES string of the molecule is C=Cn1cnc(C)n1. The largest absolute Gasteiger partial charge is 0.229 e. The van der Waals surface area contributed by atoms with E-state index in [0.29, 0.717) is 0 Å². The van der Waals surface area contributed by atoms with E-state index in [1.165, 1.54) is 0 Å². The first-order valence-electron chi connectivity index (χ1n) is 2.33. The molecule has 0 spiro atoms. The molecule has 3 heteroatoms. The van der Waals surface area contributed by atoms with Crippen molar-refractivity contribution in [1.82, 2.24) is 14.8 Å². The molecule has 0 radical (unpaired) electrons. The van der Waals surface area contributed by atoms with Gasteiger partial charge in [0.15, 0.2) is 0 Å². The van der Waals surface area contributed by atoms with Crippen molar-refractivity contribution >= 4 is 6.20 Å². The molecule has 0 N–H and O–H groups in total. The maximum absolute atomic E-state index is 3.92. The maximum atomic E-state index is 3.92. The fraction of sp³-hybridized carbons (Fsp3) is 0.200. The number of aryl methyl sites for hydroxylation is 1. The molecule has 3 nitrogen and oxygen atoms in total. The van der Waals surface area contributed by atoms with E-state index in [1.54, 1.807) is 17.2 Å². The predicted molar refractivity (Wildman–Crippen MR) is 31.1 cm³/mol. The average molecular weight is 109 g/mol. The Morgan fingerprint density at radius 2 is 2.62 bits per heavy atom. The third-order valence-corrected chi connectivity index (χ3v) is 0.810. The van der Waals surface area contributed by atoms with Crippen LogP contribution in [0, 0.1) is 6.92 Å². The number of nitrogens with zero attached hydrogens (tertiary/aromatic N) is 3. The lowest BCUT2D eigenvalue weighted by atomic mass is 10.8. The Morgan fingerprint density at radius 3 is 2.88 bits per heavy atom. The molecule has 0 atom stereocenters. The fourth-order valence-corrected chi connectivity index (χ4v) is 0.449. The Kier molecular flexibility index (Phi) is 1.12. The topological polar surface area (TPSA) is 30.7 Å². The van der Waals surface area contributed by atoms with Crippen molar-refractivity contribution in [3.8, 4) is 0 Å². The Labute approximate surface area is 47.7 Å². The third kappa shape index (κ3) is 0.753. The molecule has 0 fully saturated rings. The minimum Gasteiger partial charge on any atom is -0.229 e. The van der Waals surface area contributed by atoms with Gasteiger partial charge in [0, 0.05) is 6.20 Å². The molecule has 0 amide bonds. The molecule has 0 aliphatic rings. The van der Waals surface area contributed by atoms with Gasteiger partial charge in [-0.05, 0) is 6.92 Å².